The highest BCUT2D eigenvalue weighted by molar-refractivity contribution is 5.81. The van der Waals surface area contributed by atoms with Gasteiger partial charge in [-0.25, -0.2) is 0 Å². The standard InChI is InChI=1S/C20H20N2/c1-20(2,3)22-15-18-11-8-16(9-12-18)7-10-17-5-4-6-19(13-17)14-21/h4-13,15H,1-3H3. The van der Waals surface area contributed by atoms with Crippen LogP contribution in [0.3, 0.4) is 0 Å². The van der Waals surface area contributed by atoms with E-state index < -0.39 is 0 Å². The molecule has 2 nitrogen and oxygen atoms in total. The largest absolute Gasteiger partial charge is 0.287 e. The zero-order valence-corrected chi connectivity index (χ0v) is 13.2. The summed E-state index contributed by atoms with van der Waals surface area (Å²) in [5.74, 6) is 0. The molecule has 110 valence electrons. The first-order chi connectivity index (χ1) is 10.5. The summed E-state index contributed by atoms with van der Waals surface area (Å²) in [6.45, 7) is 6.24. The van der Waals surface area contributed by atoms with Crippen LogP contribution in [-0.2, 0) is 0 Å². The van der Waals surface area contributed by atoms with Gasteiger partial charge in [-0.15, -0.1) is 0 Å². The number of nitrogens with zero attached hydrogens (tertiary/aromatic N) is 2. The van der Waals surface area contributed by atoms with Crippen LogP contribution in [0.5, 0.6) is 0 Å². The van der Waals surface area contributed by atoms with Gasteiger partial charge >= 0.3 is 0 Å². The molecule has 0 unspecified atom stereocenters. The van der Waals surface area contributed by atoms with E-state index in [1.165, 1.54) is 0 Å². The van der Waals surface area contributed by atoms with Crippen LogP contribution in [0.4, 0.5) is 0 Å². The number of hydrogen-bond donors (Lipinski definition) is 0. The van der Waals surface area contributed by atoms with Crippen molar-refractivity contribution in [1.82, 2.24) is 0 Å². The molecule has 2 aromatic rings. The molecule has 0 radical (unpaired) electrons. The second-order valence-electron chi connectivity index (χ2n) is 6.17. The van der Waals surface area contributed by atoms with E-state index in [9.17, 15) is 0 Å². The van der Waals surface area contributed by atoms with Crippen LogP contribution >= 0.6 is 0 Å². The van der Waals surface area contributed by atoms with Crippen LogP contribution in [0.25, 0.3) is 12.2 Å². The van der Waals surface area contributed by atoms with Crippen LogP contribution in [0.1, 0.15) is 43.0 Å². The molecule has 2 aromatic carbocycles. The van der Waals surface area contributed by atoms with Crippen LogP contribution in [0.15, 0.2) is 53.5 Å². The second-order valence-corrected chi connectivity index (χ2v) is 6.17. The highest BCUT2D eigenvalue weighted by atomic mass is 14.8. The van der Waals surface area contributed by atoms with Crippen LogP contribution in [-0.4, -0.2) is 11.8 Å². The van der Waals surface area contributed by atoms with E-state index in [1.54, 1.807) is 6.07 Å². The average Bonchev–Trinajstić information content (AvgIpc) is 2.51. The first-order valence-electron chi connectivity index (χ1n) is 7.30. The fourth-order valence-electron chi connectivity index (χ4n) is 1.87. The number of benzene rings is 2. The van der Waals surface area contributed by atoms with Gasteiger partial charge in [-0.2, -0.15) is 5.26 Å². The number of hydrogen-bond acceptors (Lipinski definition) is 2. The Bertz CT molecular complexity index is 724. The van der Waals surface area contributed by atoms with Gasteiger partial charge in [0.1, 0.15) is 0 Å². The molecule has 0 heterocycles. The zero-order valence-electron chi connectivity index (χ0n) is 13.2. The van der Waals surface area contributed by atoms with E-state index in [0.717, 1.165) is 16.7 Å². The van der Waals surface area contributed by atoms with Crippen molar-refractivity contribution in [3.8, 4) is 6.07 Å². The summed E-state index contributed by atoms with van der Waals surface area (Å²) in [6.07, 6.45) is 5.96. The molecule has 0 aliphatic rings. The summed E-state index contributed by atoms with van der Waals surface area (Å²) in [4.78, 5) is 4.50. The van der Waals surface area contributed by atoms with Gasteiger partial charge in [-0.1, -0.05) is 48.6 Å². The van der Waals surface area contributed by atoms with Crippen molar-refractivity contribution in [2.45, 2.75) is 26.3 Å². The maximum atomic E-state index is 8.90. The lowest BCUT2D eigenvalue weighted by Crippen LogP contribution is -2.09. The Labute approximate surface area is 132 Å². The molecule has 0 bridgehead atoms. The maximum Gasteiger partial charge on any atom is 0.0991 e. The molecule has 0 amide bonds. The molecule has 0 aliphatic heterocycles. The first kappa shape index (κ1) is 15.7. The Balaban J connectivity index is 2.09. The van der Waals surface area contributed by atoms with E-state index in [0.29, 0.717) is 5.56 Å². The molecule has 0 fully saturated rings. The van der Waals surface area contributed by atoms with Crippen LogP contribution in [0.2, 0.25) is 0 Å². The van der Waals surface area contributed by atoms with Crippen molar-refractivity contribution in [2.75, 3.05) is 0 Å². The van der Waals surface area contributed by atoms with Crippen molar-refractivity contribution in [1.29, 1.82) is 5.26 Å². The van der Waals surface area contributed by atoms with Gasteiger partial charge in [0.15, 0.2) is 0 Å². The maximum absolute atomic E-state index is 8.90. The Morgan fingerprint density at radius 2 is 1.55 bits per heavy atom. The lowest BCUT2D eigenvalue weighted by atomic mass is 10.1. The van der Waals surface area contributed by atoms with Crippen LogP contribution < -0.4 is 0 Å². The zero-order chi connectivity index (χ0) is 16.0. The van der Waals surface area contributed by atoms with Crippen molar-refractivity contribution in [2.24, 2.45) is 4.99 Å². The number of nitriles is 1. The Kier molecular flexibility index (Phi) is 4.91. The summed E-state index contributed by atoms with van der Waals surface area (Å²) in [6, 6.07) is 18.0. The van der Waals surface area contributed by atoms with Gasteiger partial charge in [-0.3, -0.25) is 4.99 Å². The monoisotopic (exact) mass is 288 g/mol. The van der Waals surface area contributed by atoms with Crippen LogP contribution in [0, 0.1) is 11.3 Å². The minimum atomic E-state index is -0.0513. The Morgan fingerprint density at radius 1 is 0.909 bits per heavy atom. The topological polar surface area (TPSA) is 36.1 Å². The van der Waals surface area contributed by atoms with E-state index in [1.807, 2.05) is 36.6 Å². The molecule has 0 aromatic heterocycles. The van der Waals surface area contributed by atoms with Crippen molar-refractivity contribution < 1.29 is 0 Å². The molecule has 0 spiro atoms. The Morgan fingerprint density at radius 3 is 2.18 bits per heavy atom. The summed E-state index contributed by atoms with van der Waals surface area (Å²) >= 11 is 0. The molecule has 2 rings (SSSR count). The molecule has 0 saturated heterocycles. The molecular weight excluding hydrogens is 268 g/mol. The third-order valence-corrected chi connectivity index (χ3v) is 3.02. The summed E-state index contributed by atoms with van der Waals surface area (Å²) < 4.78 is 0. The third kappa shape index (κ3) is 5.03. The average molecular weight is 288 g/mol. The van der Waals surface area contributed by atoms with Crippen molar-refractivity contribution in [3.05, 3.63) is 70.8 Å². The molecule has 0 aliphatic carbocycles. The lowest BCUT2D eigenvalue weighted by molar-refractivity contribution is 0.586. The van der Waals surface area contributed by atoms with Gasteiger partial charge in [-0.05, 0) is 49.6 Å². The van der Waals surface area contributed by atoms with Gasteiger partial charge in [0.25, 0.3) is 0 Å². The normalized spacial score (nSPS) is 11.9. The van der Waals surface area contributed by atoms with E-state index in [2.05, 4.69) is 56.1 Å². The van der Waals surface area contributed by atoms with Gasteiger partial charge < -0.3 is 0 Å². The highest BCUT2D eigenvalue weighted by Crippen LogP contribution is 2.12. The lowest BCUT2D eigenvalue weighted by Gasteiger charge is -2.10. The van der Waals surface area contributed by atoms with Gasteiger partial charge in [0, 0.05) is 6.21 Å². The first-order valence-corrected chi connectivity index (χ1v) is 7.30. The number of aliphatic imine (C=N–C) groups is 1. The smallest absolute Gasteiger partial charge is 0.0991 e. The third-order valence-electron chi connectivity index (χ3n) is 3.02. The van der Waals surface area contributed by atoms with E-state index in [4.69, 9.17) is 5.26 Å². The van der Waals surface area contributed by atoms with Crippen molar-refractivity contribution in [3.63, 3.8) is 0 Å². The van der Waals surface area contributed by atoms with Gasteiger partial charge in [0.2, 0.25) is 0 Å². The summed E-state index contributed by atoms with van der Waals surface area (Å²) in [5, 5.41) is 8.90. The Hall–Kier alpha value is -2.66. The molecule has 2 heteroatoms. The summed E-state index contributed by atoms with van der Waals surface area (Å²) in [7, 11) is 0. The fourth-order valence-corrected chi connectivity index (χ4v) is 1.87. The molecule has 22 heavy (non-hydrogen) atoms. The molecule has 0 saturated carbocycles. The predicted molar refractivity (Wildman–Crippen MR) is 93.9 cm³/mol. The molecule has 0 atom stereocenters. The minimum absolute atomic E-state index is 0.0513. The fraction of sp³-hybridized carbons (Fsp3) is 0.200. The SMILES string of the molecule is CC(C)(C)N=Cc1ccc(C=Cc2cccc(C#N)c2)cc1. The molecular formula is C20H20N2. The second kappa shape index (κ2) is 6.87. The highest BCUT2D eigenvalue weighted by Gasteiger charge is 2.04. The van der Waals surface area contributed by atoms with E-state index in [-0.39, 0.29) is 5.54 Å². The number of rotatable bonds is 3. The van der Waals surface area contributed by atoms with Crippen molar-refractivity contribution >= 4 is 18.4 Å². The predicted octanol–water partition coefficient (Wildman–Crippen LogP) is 4.95. The van der Waals surface area contributed by atoms with Gasteiger partial charge in [0.05, 0.1) is 17.2 Å². The summed E-state index contributed by atoms with van der Waals surface area (Å²) in [5.41, 5.74) is 3.87. The molecule has 0 N–H and O–H groups in total. The quantitative estimate of drug-likeness (QED) is 0.581. The van der Waals surface area contributed by atoms with E-state index >= 15 is 0 Å². The minimum Gasteiger partial charge on any atom is -0.287 e.